The molecule has 2 N–H and O–H groups in total. The summed E-state index contributed by atoms with van der Waals surface area (Å²) < 4.78 is 15.5. The molecule has 51 heavy (non-hydrogen) atoms. The van der Waals surface area contributed by atoms with Crippen LogP contribution in [-0.4, -0.2) is 5.84 Å². The van der Waals surface area contributed by atoms with Crippen LogP contribution in [0.2, 0.25) is 0 Å². The maximum Gasteiger partial charge on any atom is 0.143 e. The molecule has 0 amide bonds. The monoisotopic (exact) mass is 675 g/mol. The van der Waals surface area contributed by atoms with E-state index in [9.17, 15) is 0 Å². The highest BCUT2D eigenvalue weighted by Gasteiger charge is 2.27. The van der Waals surface area contributed by atoms with Crippen molar-refractivity contribution in [1.82, 2.24) is 10.6 Å². The van der Waals surface area contributed by atoms with Crippen molar-refractivity contribution >= 4 is 81.2 Å². The Balaban J connectivity index is 0.984. The van der Waals surface area contributed by atoms with Crippen molar-refractivity contribution in [3.8, 4) is 11.1 Å². The van der Waals surface area contributed by atoms with Gasteiger partial charge in [-0.2, -0.15) is 0 Å². The van der Waals surface area contributed by atoms with E-state index in [1.165, 1.54) is 20.2 Å². The standard InChI is InChI=1S/C45H29N3O2S/c1-2-9-26(10-3-1)43-46-44(28-19-22-41-36(23-28)34-12-5-7-16-40(34)51-41)48-45(47-43)29-18-21-33-32-20-17-27(24-38(32)49-39(33)25-29)30-13-8-14-35-31-11-4-6-15-37(31)50-42(30)35/h1-25,44-45,48H,(H,46,47). The Morgan fingerprint density at radius 1 is 0.490 bits per heavy atom. The fourth-order valence-electron chi connectivity index (χ4n) is 7.67. The van der Waals surface area contributed by atoms with Crippen LogP contribution in [-0.2, 0) is 0 Å². The highest BCUT2D eigenvalue weighted by molar-refractivity contribution is 7.25. The Bertz CT molecular complexity index is 3010. The van der Waals surface area contributed by atoms with E-state index >= 15 is 0 Å². The Hall–Kier alpha value is -6.21. The quantitative estimate of drug-likeness (QED) is 0.195. The predicted molar refractivity (Wildman–Crippen MR) is 210 cm³/mol. The summed E-state index contributed by atoms with van der Waals surface area (Å²) in [5, 5.41) is 14.5. The van der Waals surface area contributed by atoms with Gasteiger partial charge in [0.1, 0.15) is 40.5 Å². The maximum atomic E-state index is 6.60. The lowest BCUT2D eigenvalue weighted by molar-refractivity contribution is 0.409. The van der Waals surface area contributed by atoms with Gasteiger partial charge in [0.05, 0.1) is 0 Å². The van der Waals surface area contributed by atoms with Crippen LogP contribution < -0.4 is 10.6 Å². The highest BCUT2D eigenvalue weighted by Crippen LogP contribution is 2.40. The molecule has 11 rings (SSSR count). The largest absolute Gasteiger partial charge is 0.456 e. The third-order valence-corrected chi connectivity index (χ3v) is 11.3. The van der Waals surface area contributed by atoms with Crippen molar-refractivity contribution in [3.63, 3.8) is 0 Å². The first-order valence-electron chi connectivity index (χ1n) is 17.2. The molecular formula is C45H29N3O2S. The van der Waals surface area contributed by atoms with E-state index in [2.05, 4.69) is 144 Å². The molecule has 0 aliphatic carbocycles. The molecule has 5 nitrogen and oxygen atoms in total. The molecule has 10 aromatic rings. The molecule has 0 fully saturated rings. The third kappa shape index (κ3) is 4.61. The number of benzene rings is 7. The lowest BCUT2D eigenvalue weighted by Crippen LogP contribution is -2.44. The number of nitrogens with one attached hydrogen (secondary N) is 2. The zero-order valence-corrected chi connectivity index (χ0v) is 28.1. The van der Waals surface area contributed by atoms with Crippen LogP contribution >= 0.6 is 11.3 Å². The molecule has 0 bridgehead atoms. The van der Waals surface area contributed by atoms with E-state index in [0.717, 1.165) is 77.5 Å². The van der Waals surface area contributed by atoms with Crippen LogP contribution in [0.25, 0.3) is 75.2 Å². The van der Waals surface area contributed by atoms with Crippen LogP contribution in [0.1, 0.15) is 29.0 Å². The van der Waals surface area contributed by atoms with Gasteiger partial charge in [-0.05, 0) is 59.2 Å². The SMILES string of the molecule is c1ccc(C2=NC(c3ccc4sc5ccccc5c4c3)NC(c3ccc4c(c3)oc3cc(-c5cccc6c5oc5ccccc56)ccc34)N2)cc1. The minimum Gasteiger partial charge on any atom is -0.456 e. The Morgan fingerprint density at radius 3 is 2.14 bits per heavy atom. The van der Waals surface area contributed by atoms with Gasteiger partial charge in [0.15, 0.2) is 0 Å². The van der Waals surface area contributed by atoms with E-state index in [4.69, 9.17) is 13.8 Å². The molecule has 0 spiro atoms. The number of rotatable bonds is 4. The van der Waals surface area contributed by atoms with Crippen molar-refractivity contribution in [2.24, 2.45) is 4.99 Å². The van der Waals surface area contributed by atoms with E-state index in [0.29, 0.717) is 0 Å². The van der Waals surface area contributed by atoms with Gasteiger partial charge in [0.25, 0.3) is 0 Å². The van der Waals surface area contributed by atoms with Crippen LogP contribution in [0.15, 0.2) is 165 Å². The number of hydrogen-bond acceptors (Lipinski definition) is 6. The van der Waals surface area contributed by atoms with Gasteiger partial charge in [-0.1, -0.05) is 109 Å². The summed E-state index contributed by atoms with van der Waals surface area (Å²) in [6, 6.07) is 53.2. The van der Waals surface area contributed by atoms with Crippen molar-refractivity contribution in [1.29, 1.82) is 0 Å². The molecule has 0 saturated heterocycles. The Morgan fingerprint density at radius 2 is 1.22 bits per heavy atom. The van der Waals surface area contributed by atoms with Crippen LogP contribution in [0.3, 0.4) is 0 Å². The van der Waals surface area contributed by atoms with Gasteiger partial charge in [0, 0.05) is 52.8 Å². The van der Waals surface area contributed by atoms with E-state index < -0.39 is 0 Å². The van der Waals surface area contributed by atoms with Crippen LogP contribution in [0.4, 0.5) is 0 Å². The van der Waals surface area contributed by atoms with Crippen molar-refractivity contribution in [3.05, 3.63) is 168 Å². The van der Waals surface area contributed by atoms with Gasteiger partial charge >= 0.3 is 0 Å². The fraction of sp³-hybridized carbons (Fsp3) is 0.0444. The second kappa shape index (κ2) is 11.2. The lowest BCUT2D eigenvalue weighted by atomic mass is 10.0. The van der Waals surface area contributed by atoms with E-state index in [1.54, 1.807) is 0 Å². The second-order valence-electron chi connectivity index (χ2n) is 13.2. The van der Waals surface area contributed by atoms with Gasteiger partial charge in [0.2, 0.25) is 0 Å². The molecule has 4 heterocycles. The topological polar surface area (TPSA) is 62.7 Å². The first-order chi connectivity index (χ1) is 25.2. The summed E-state index contributed by atoms with van der Waals surface area (Å²) in [5.41, 5.74) is 8.83. The predicted octanol–water partition coefficient (Wildman–Crippen LogP) is 11.9. The van der Waals surface area contributed by atoms with Crippen LogP contribution in [0, 0.1) is 0 Å². The molecule has 0 saturated carbocycles. The summed E-state index contributed by atoms with van der Waals surface area (Å²) in [6.45, 7) is 0. The second-order valence-corrected chi connectivity index (χ2v) is 14.3. The van der Waals surface area contributed by atoms with Gasteiger partial charge in [-0.25, -0.2) is 4.99 Å². The number of amidine groups is 1. The molecule has 2 unspecified atom stereocenters. The van der Waals surface area contributed by atoms with E-state index in [1.807, 2.05) is 29.5 Å². The number of hydrogen-bond donors (Lipinski definition) is 2. The average Bonchev–Trinajstić information content (AvgIpc) is 3.88. The zero-order chi connectivity index (χ0) is 33.5. The number of fused-ring (bicyclic) bond motifs is 9. The number of nitrogens with zero attached hydrogens (tertiary/aromatic N) is 1. The molecule has 1 aliphatic rings. The highest BCUT2D eigenvalue weighted by atomic mass is 32.1. The molecule has 1 aliphatic heterocycles. The Kier molecular flexibility index (Phi) is 6.26. The smallest absolute Gasteiger partial charge is 0.143 e. The molecule has 2 atom stereocenters. The first kappa shape index (κ1) is 28.6. The summed E-state index contributed by atoms with van der Waals surface area (Å²) >= 11 is 1.83. The summed E-state index contributed by atoms with van der Waals surface area (Å²) in [5.74, 6) is 0.855. The molecule has 0 radical (unpaired) electrons. The van der Waals surface area contributed by atoms with Crippen molar-refractivity contribution in [2.45, 2.75) is 12.3 Å². The number of aliphatic imine (C=N–C) groups is 1. The van der Waals surface area contributed by atoms with Gasteiger partial charge in [-0.15, -0.1) is 11.3 Å². The molecule has 3 aromatic heterocycles. The number of para-hydroxylation sites is 2. The van der Waals surface area contributed by atoms with E-state index in [-0.39, 0.29) is 12.3 Å². The van der Waals surface area contributed by atoms with Crippen molar-refractivity contribution < 1.29 is 8.83 Å². The summed E-state index contributed by atoms with van der Waals surface area (Å²) in [6.07, 6.45) is -0.444. The van der Waals surface area contributed by atoms with Crippen LogP contribution in [0.5, 0.6) is 0 Å². The molecule has 6 heteroatoms. The minimum atomic E-state index is -0.246. The van der Waals surface area contributed by atoms with Gasteiger partial charge < -0.3 is 14.2 Å². The average molecular weight is 676 g/mol. The summed E-state index contributed by atoms with van der Waals surface area (Å²) in [7, 11) is 0. The van der Waals surface area contributed by atoms with Crippen molar-refractivity contribution in [2.75, 3.05) is 0 Å². The van der Waals surface area contributed by atoms with Gasteiger partial charge in [-0.3, -0.25) is 5.32 Å². The molecule has 242 valence electrons. The summed E-state index contributed by atoms with van der Waals surface area (Å²) in [4.78, 5) is 5.21. The Labute approximate surface area is 296 Å². The maximum absolute atomic E-state index is 6.60. The first-order valence-corrected chi connectivity index (χ1v) is 18.0. The zero-order valence-electron chi connectivity index (χ0n) is 27.3. The number of furan rings is 2. The molecule has 7 aromatic carbocycles. The third-order valence-electron chi connectivity index (χ3n) is 10.2. The lowest BCUT2D eigenvalue weighted by Gasteiger charge is -2.32. The normalized spacial score (nSPS) is 16.4. The molecular weight excluding hydrogens is 647 g/mol. The minimum absolute atomic E-state index is 0.198. The number of thiophene rings is 1. The fourth-order valence-corrected chi connectivity index (χ4v) is 8.76.